The predicted octanol–water partition coefficient (Wildman–Crippen LogP) is 0.908. The van der Waals surface area contributed by atoms with E-state index < -0.39 is 0 Å². The summed E-state index contributed by atoms with van der Waals surface area (Å²) in [5.41, 5.74) is 3.56. The Morgan fingerprint density at radius 3 is 3.00 bits per heavy atom. The van der Waals surface area contributed by atoms with Crippen LogP contribution in [0.15, 0.2) is 5.10 Å². The van der Waals surface area contributed by atoms with Crippen LogP contribution in [0.5, 0.6) is 0 Å². The Morgan fingerprint density at radius 2 is 2.50 bits per heavy atom. The first-order chi connectivity index (χ1) is 4.74. The molecule has 3 heteroatoms. The lowest BCUT2D eigenvalue weighted by molar-refractivity contribution is -0.121. The SMILES string of the molecule is CCC1=NNC(=O)CC1C. The van der Waals surface area contributed by atoms with E-state index >= 15 is 0 Å². The molecule has 0 spiro atoms. The summed E-state index contributed by atoms with van der Waals surface area (Å²) in [6, 6.07) is 0. The Labute approximate surface area is 60.5 Å². The Morgan fingerprint density at radius 1 is 1.80 bits per heavy atom. The summed E-state index contributed by atoms with van der Waals surface area (Å²) in [6.45, 7) is 4.08. The quantitative estimate of drug-likeness (QED) is 0.577. The minimum atomic E-state index is 0.0321. The molecule has 1 amide bonds. The second-order valence-corrected chi connectivity index (χ2v) is 2.60. The fourth-order valence-electron chi connectivity index (χ4n) is 1.11. The number of carbonyl (C=O) groups is 1. The van der Waals surface area contributed by atoms with E-state index in [1.54, 1.807) is 0 Å². The van der Waals surface area contributed by atoms with Gasteiger partial charge in [-0.05, 0) is 6.42 Å². The van der Waals surface area contributed by atoms with Crippen molar-refractivity contribution in [3.63, 3.8) is 0 Å². The smallest absolute Gasteiger partial charge is 0.240 e. The first-order valence-corrected chi connectivity index (χ1v) is 3.59. The van der Waals surface area contributed by atoms with Gasteiger partial charge in [0.2, 0.25) is 5.91 Å². The van der Waals surface area contributed by atoms with Crippen molar-refractivity contribution in [3.8, 4) is 0 Å². The Hall–Kier alpha value is -0.860. The molecular weight excluding hydrogens is 128 g/mol. The Balaban J connectivity index is 2.65. The third-order valence-corrected chi connectivity index (χ3v) is 1.75. The van der Waals surface area contributed by atoms with Crippen LogP contribution in [-0.4, -0.2) is 11.6 Å². The molecule has 1 aliphatic heterocycles. The molecule has 0 aliphatic carbocycles. The van der Waals surface area contributed by atoms with Gasteiger partial charge < -0.3 is 0 Å². The standard InChI is InChI=1S/C7H12N2O/c1-3-6-5(2)4-7(10)9-8-6/h5H,3-4H2,1-2H3,(H,9,10). The fourth-order valence-corrected chi connectivity index (χ4v) is 1.11. The van der Waals surface area contributed by atoms with E-state index in [0.29, 0.717) is 12.3 Å². The Kier molecular flexibility index (Phi) is 2.04. The van der Waals surface area contributed by atoms with Crippen molar-refractivity contribution >= 4 is 11.6 Å². The van der Waals surface area contributed by atoms with E-state index in [-0.39, 0.29) is 5.91 Å². The van der Waals surface area contributed by atoms with Crippen molar-refractivity contribution in [3.05, 3.63) is 0 Å². The average molecular weight is 140 g/mol. The summed E-state index contributed by atoms with van der Waals surface area (Å²) >= 11 is 0. The summed E-state index contributed by atoms with van der Waals surface area (Å²) in [5.74, 6) is 0.364. The van der Waals surface area contributed by atoms with Crippen molar-refractivity contribution in [1.82, 2.24) is 5.43 Å². The van der Waals surface area contributed by atoms with Crippen LogP contribution >= 0.6 is 0 Å². The zero-order valence-corrected chi connectivity index (χ0v) is 6.35. The topological polar surface area (TPSA) is 41.5 Å². The highest BCUT2D eigenvalue weighted by Gasteiger charge is 2.17. The minimum absolute atomic E-state index is 0.0321. The molecule has 0 aromatic rings. The van der Waals surface area contributed by atoms with Crippen LogP contribution < -0.4 is 5.43 Å². The van der Waals surface area contributed by atoms with Crippen molar-refractivity contribution in [2.24, 2.45) is 11.0 Å². The van der Waals surface area contributed by atoms with Gasteiger partial charge in [0.25, 0.3) is 0 Å². The van der Waals surface area contributed by atoms with Gasteiger partial charge in [0.15, 0.2) is 0 Å². The lowest BCUT2D eigenvalue weighted by Gasteiger charge is -2.17. The monoisotopic (exact) mass is 140 g/mol. The molecule has 0 saturated carbocycles. The maximum Gasteiger partial charge on any atom is 0.240 e. The molecule has 0 bridgehead atoms. The third-order valence-electron chi connectivity index (χ3n) is 1.75. The number of hydrazone groups is 1. The molecule has 1 rings (SSSR count). The van der Waals surface area contributed by atoms with Crippen LogP contribution in [0, 0.1) is 5.92 Å². The molecule has 3 nitrogen and oxygen atoms in total. The molecule has 0 fully saturated rings. The van der Waals surface area contributed by atoms with Crippen molar-refractivity contribution in [2.45, 2.75) is 26.7 Å². The van der Waals surface area contributed by atoms with E-state index in [4.69, 9.17) is 0 Å². The summed E-state index contributed by atoms with van der Waals surface area (Å²) < 4.78 is 0. The molecule has 1 N–H and O–H groups in total. The van der Waals surface area contributed by atoms with Gasteiger partial charge in [0.1, 0.15) is 0 Å². The van der Waals surface area contributed by atoms with E-state index in [9.17, 15) is 4.79 Å². The minimum Gasteiger partial charge on any atom is -0.273 e. The van der Waals surface area contributed by atoms with Crippen LogP contribution in [0.25, 0.3) is 0 Å². The number of nitrogens with zero attached hydrogens (tertiary/aromatic N) is 1. The molecule has 1 heterocycles. The highest BCUT2D eigenvalue weighted by molar-refractivity contribution is 5.94. The Bertz CT molecular complexity index is 174. The third kappa shape index (κ3) is 1.35. The summed E-state index contributed by atoms with van der Waals surface area (Å²) in [7, 11) is 0. The first-order valence-electron chi connectivity index (χ1n) is 3.59. The van der Waals surface area contributed by atoms with Crippen LogP contribution in [-0.2, 0) is 4.79 Å². The molecule has 0 saturated heterocycles. The van der Waals surface area contributed by atoms with Gasteiger partial charge in [0, 0.05) is 18.1 Å². The number of carbonyl (C=O) groups excluding carboxylic acids is 1. The van der Waals surface area contributed by atoms with Crippen LogP contribution in [0.3, 0.4) is 0 Å². The van der Waals surface area contributed by atoms with Crippen molar-refractivity contribution < 1.29 is 4.79 Å². The summed E-state index contributed by atoms with van der Waals surface area (Å²) in [6.07, 6.45) is 1.52. The highest BCUT2D eigenvalue weighted by Crippen LogP contribution is 2.10. The second kappa shape index (κ2) is 2.82. The molecule has 1 atom stereocenters. The number of amides is 1. The van der Waals surface area contributed by atoms with Gasteiger partial charge in [-0.1, -0.05) is 13.8 Å². The lowest BCUT2D eigenvalue weighted by atomic mass is 9.98. The van der Waals surface area contributed by atoms with Gasteiger partial charge >= 0.3 is 0 Å². The van der Waals surface area contributed by atoms with Crippen LogP contribution in [0.2, 0.25) is 0 Å². The van der Waals surface area contributed by atoms with Gasteiger partial charge in [-0.3, -0.25) is 4.79 Å². The van der Waals surface area contributed by atoms with Gasteiger partial charge in [-0.25, -0.2) is 5.43 Å². The second-order valence-electron chi connectivity index (χ2n) is 2.60. The average Bonchev–Trinajstić information content (AvgIpc) is 1.88. The summed E-state index contributed by atoms with van der Waals surface area (Å²) in [4.78, 5) is 10.7. The molecule has 1 unspecified atom stereocenters. The molecular formula is C7H12N2O. The van der Waals surface area contributed by atoms with Gasteiger partial charge in [0.05, 0.1) is 0 Å². The molecule has 10 heavy (non-hydrogen) atoms. The lowest BCUT2D eigenvalue weighted by Crippen LogP contribution is -2.30. The molecule has 0 aromatic carbocycles. The maximum absolute atomic E-state index is 10.7. The summed E-state index contributed by atoms with van der Waals surface area (Å²) in [5, 5.41) is 3.93. The first kappa shape index (κ1) is 7.25. The maximum atomic E-state index is 10.7. The number of nitrogens with one attached hydrogen (secondary N) is 1. The van der Waals surface area contributed by atoms with E-state index in [1.807, 2.05) is 13.8 Å². The highest BCUT2D eigenvalue weighted by atomic mass is 16.2. The van der Waals surface area contributed by atoms with E-state index in [1.165, 1.54) is 0 Å². The molecule has 0 aromatic heterocycles. The zero-order chi connectivity index (χ0) is 7.56. The van der Waals surface area contributed by atoms with Crippen LogP contribution in [0.4, 0.5) is 0 Å². The molecule has 56 valence electrons. The van der Waals surface area contributed by atoms with E-state index in [2.05, 4.69) is 10.5 Å². The largest absolute Gasteiger partial charge is 0.273 e. The normalized spacial score (nSPS) is 25.6. The fraction of sp³-hybridized carbons (Fsp3) is 0.714. The number of rotatable bonds is 1. The van der Waals surface area contributed by atoms with E-state index in [0.717, 1.165) is 12.1 Å². The van der Waals surface area contributed by atoms with Crippen molar-refractivity contribution in [2.75, 3.05) is 0 Å². The van der Waals surface area contributed by atoms with Crippen LogP contribution in [0.1, 0.15) is 26.7 Å². The number of hydrogen-bond donors (Lipinski definition) is 1. The molecule has 1 aliphatic rings. The molecule has 0 radical (unpaired) electrons. The number of hydrogen-bond acceptors (Lipinski definition) is 2. The van der Waals surface area contributed by atoms with Gasteiger partial charge in [-0.2, -0.15) is 5.10 Å². The van der Waals surface area contributed by atoms with Gasteiger partial charge in [-0.15, -0.1) is 0 Å². The predicted molar refractivity (Wildman–Crippen MR) is 39.6 cm³/mol. The van der Waals surface area contributed by atoms with Crippen molar-refractivity contribution in [1.29, 1.82) is 0 Å². The zero-order valence-electron chi connectivity index (χ0n) is 6.35.